The summed E-state index contributed by atoms with van der Waals surface area (Å²) in [7, 11) is 3.63. The van der Waals surface area contributed by atoms with Crippen molar-refractivity contribution >= 4 is 5.91 Å². The van der Waals surface area contributed by atoms with Crippen molar-refractivity contribution < 1.29 is 9.53 Å². The Labute approximate surface area is 121 Å². The first-order chi connectivity index (χ1) is 9.72. The van der Waals surface area contributed by atoms with E-state index < -0.39 is 0 Å². The van der Waals surface area contributed by atoms with Crippen LogP contribution in [-0.4, -0.2) is 44.6 Å². The van der Waals surface area contributed by atoms with Gasteiger partial charge in [0.2, 0.25) is 5.91 Å². The van der Waals surface area contributed by atoms with Gasteiger partial charge in [-0.15, -0.1) is 0 Å². The molecule has 1 aliphatic heterocycles. The van der Waals surface area contributed by atoms with Crippen molar-refractivity contribution in [2.45, 2.75) is 19.3 Å². The van der Waals surface area contributed by atoms with E-state index in [0.717, 1.165) is 43.8 Å². The maximum atomic E-state index is 12.2. The Morgan fingerprint density at radius 1 is 1.50 bits per heavy atom. The van der Waals surface area contributed by atoms with Crippen LogP contribution in [0.4, 0.5) is 0 Å². The summed E-state index contributed by atoms with van der Waals surface area (Å²) in [4.78, 5) is 14.2. The second kappa shape index (κ2) is 7.29. The Hall–Kier alpha value is -1.55. The molecule has 110 valence electrons. The van der Waals surface area contributed by atoms with Crippen LogP contribution in [0.2, 0.25) is 0 Å². The standard InChI is InChI=1S/C16H24N2O2/c1-17-11-14-8-9-18(12-14)16(19)7-6-13-4-3-5-15(10-13)20-2/h3-5,10,14,17H,6-9,11-12H2,1-2H3. The Morgan fingerprint density at radius 2 is 2.35 bits per heavy atom. The molecule has 1 aromatic carbocycles. The lowest BCUT2D eigenvalue weighted by atomic mass is 10.1. The number of nitrogens with zero attached hydrogens (tertiary/aromatic N) is 1. The predicted octanol–water partition coefficient (Wildman–Crippen LogP) is 1.70. The van der Waals surface area contributed by atoms with Gasteiger partial charge < -0.3 is 15.0 Å². The van der Waals surface area contributed by atoms with Crippen molar-refractivity contribution in [3.63, 3.8) is 0 Å². The minimum absolute atomic E-state index is 0.270. The van der Waals surface area contributed by atoms with Crippen molar-refractivity contribution in [3.8, 4) is 5.75 Å². The molecule has 1 N–H and O–H groups in total. The average molecular weight is 276 g/mol. The van der Waals surface area contributed by atoms with Crippen LogP contribution in [0.5, 0.6) is 5.75 Å². The molecule has 1 aliphatic rings. The number of methoxy groups -OCH3 is 1. The highest BCUT2D eigenvalue weighted by molar-refractivity contribution is 5.76. The summed E-state index contributed by atoms with van der Waals surface area (Å²) in [6.45, 7) is 2.81. The molecule has 1 amide bonds. The van der Waals surface area contributed by atoms with Crippen LogP contribution in [0.15, 0.2) is 24.3 Å². The van der Waals surface area contributed by atoms with Crippen LogP contribution >= 0.6 is 0 Å². The van der Waals surface area contributed by atoms with Crippen LogP contribution in [0, 0.1) is 5.92 Å². The normalized spacial score (nSPS) is 18.3. The predicted molar refractivity (Wildman–Crippen MR) is 79.9 cm³/mol. The van der Waals surface area contributed by atoms with Crippen LogP contribution in [0.3, 0.4) is 0 Å². The Morgan fingerprint density at radius 3 is 3.10 bits per heavy atom. The molecule has 0 bridgehead atoms. The minimum Gasteiger partial charge on any atom is -0.497 e. The second-order valence-electron chi connectivity index (χ2n) is 5.40. The highest BCUT2D eigenvalue weighted by atomic mass is 16.5. The molecule has 0 spiro atoms. The van der Waals surface area contributed by atoms with E-state index in [1.54, 1.807) is 7.11 Å². The quantitative estimate of drug-likeness (QED) is 0.860. The number of aryl methyl sites for hydroxylation is 1. The molecule has 2 rings (SSSR count). The Kier molecular flexibility index (Phi) is 5.41. The van der Waals surface area contributed by atoms with Gasteiger partial charge in [0.1, 0.15) is 5.75 Å². The number of carbonyl (C=O) groups excluding carboxylic acids is 1. The van der Waals surface area contributed by atoms with Crippen molar-refractivity contribution in [1.29, 1.82) is 0 Å². The average Bonchev–Trinajstić information content (AvgIpc) is 2.94. The van der Waals surface area contributed by atoms with Gasteiger partial charge in [0, 0.05) is 19.5 Å². The molecule has 1 aromatic rings. The summed E-state index contributed by atoms with van der Waals surface area (Å²) in [5.74, 6) is 1.73. The molecule has 4 heteroatoms. The van der Waals surface area contributed by atoms with Gasteiger partial charge in [-0.25, -0.2) is 0 Å². The van der Waals surface area contributed by atoms with E-state index in [2.05, 4.69) is 5.32 Å². The van der Waals surface area contributed by atoms with E-state index >= 15 is 0 Å². The third kappa shape index (κ3) is 3.97. The van der Waals surface area contributed by atoms with Crippen LogP contribution in [-0.2, 0) is 11.2 Å². The van der Waals surface area contributed by atoms with E-state index in [4.69, 9.17) is 4.74 Å². The summed E-state index contributed by atoms with van der Waals surface area (Å²) >= 11 is 0. The molecule has 0 aliphatic carbocycles. The van der Waals surface area contributed by atoms with E-state index in [1.807, 2.05) is 36.2 Å². The molecule has 0 radical (unpaired) electrons. The SMILES string of the molecule is CNCC1CCN(C(=O)CCc2cccc(OC)c2)C1. The van der Waals surface area contributed by atoms with Crippen LogP contribution in [0.25, 0.3) is 0 Å². The zero-order valence-electron chi connectivity index (χ0n) is 12.4. The van der Waals surface area contributed by atoms with Crippen LogP contribution in [0.1, 0.15) is 18.4 Å². The number of nitrogens with one attached hydrogen (secondary N) is 1. The number of amides is 1. The molecule has 20 heavy (non-hydrogen) atoms. The van der Waals surface area contributed by atoms with E-state index in [9.17, 15) is 4.79 Å². The first kappa shape index (κ1) is 14.9. The fourth-order valence-corrected chi connectivity index (χ4v) is 2.75. The van der Waals surface area contributed by atoms with Crippen molar-refractivity contribution in [3.05, 3.63) is 29.8 Å². The van der Waals surface area contributed by atoms with E-state index in [1.165, 1.54) is 0 Å². The summed E-state index contributed by atoms with van der Waals surface area (Å²) in [5.41, 5.74) is 1.16. The first-order valence-corrected chi connectivity index (χ1v) is 7.28. The monoisotopic (exact) mass is 276 g/mol. The molecule has 0 saturated carbocycles. The van der Waals surface area contributed by atoms with Gasteiger partial charge in [0.15, 0.2) is 0 Å². The fourth-order valence-electron chi connectivity index (χ4n) is 2.75. The summed E-state index contributed by atoms with van der Waals surface area (Å²) < 4.78 is 5.20. The lowest BCUT2D eigenvalue weighted by molar-refractivity contribution is -0.130. The van der Waals surface area contributed by atoms with Gasteiger partial charge >= 0.3 is 0 Å². The molecule has 4 nitrogen and oxygen atoms in total. The fraction of sp³-hybridized carbons (Fsp3) is 0.562. The molecule has 1 saturated heterocycles. The number of ether oxygens (including phenoxy) is 1. The van der Waals surface area contributed by atoms with Gasteiger partial charge in [-0.3, -0.25) is 4.79 Å². The largest absolute Gasteiger partial charge is 0.497 e. The van der Waals surface area contributed by atoms with E-state index in [0.29, 0.717) is 12.3 Å². The summed E-state index contributed by atoms with van der Waals surface area (Å²) in [5, 5.41) is 3.19. The lowest BCUT2D eigenvalue weighted by Crippen LogP contribution is -2.30. The number of rotatable bonds is 6. The van der Waals surface area contributed by atoms with Crippen molar-refractivity contribution in [2.75, 3.05) is 33.8 Å². The van der Waals surface area contributed by atoms with Gasteiger partial charge in [0.05, 0.1) is 7.11 Å². The van der Waals surface area contributed by atoms with Gasteiger partial charge in [-0.05, 0) is 50.0 Å². The maximum absolute atomic E-state index is 12.2. The molecule has 0 aromatic heterocycles. The Balaban J connectivity index is 1.80. The number of benzene rings is 1. The molecular formula is C16H24N2O2. The van der Waals surface area contributed by atoms with Gasteiger partial charge in [-0.2, -0.15) is 0 Å². The molecule has 1 heterocycles. The zero-order valence-corrected chi connectivity index (χ0v) is 12.4. The highest BCUT2D eigenvalue weighted by Crippen LogP contribution is 2.18. The van der Waals surface area contributed by atoms with Gasteiger partial charge in [-0.1, -0.05) is 12.1 Å². The number of hydrogen-bond acceptors (Lipinski definition) is 3. The van der Waals surface area contributed by atoms with Crippen LogP contribution < -0.4 is 10.1 Å². The van der Waals surface area contributed by atoms with E-state index in [-0.39, 0.29) is 5.91 Å². The third-order valence-corrected chi connectivity index (χ3v) is 3.89. The smallest absolute Gasteiger partial charge is 0.222 e. The number of carbonyl (C=O) groups is 1. The molecular weight excluding hydrogens is 252 g/mol. The molecule has 1 unspecified atom stereocenters. The van der Waals surface area contributed by atoms with Crippen molar-refractivity contribution in [1.82, 2.24) is 10.2 Å². The van der Waals surface area contributed by atoms with Gasteiger partial charge in [0.25, 0.3) is 0 Å². The summed E-state index contributed by atoms with van der Waals surface area (Å²) in [6, 6.07) is 7.94. The Bertz CT molecular complexity index is 448. The first-order valence-electron chi connectivity index (χ1n) is 7.28. The third-order valence-electron chi connectivity index (χ3n) is 3.89. The lowest BCUT2D eigenvalue weighted by Gasteiger charge is -2.16. The number of hydrogen-bond donors (Lipinski definition) is 1. The molecule has 1 fully saturated rings. The summed E-state index contributed by atoms with van der Waals surface area (Å²) in [6.07, 6.45) is 2.48. The maximum Gasteiger partial charge on any atom is 0.222 e. The highest BCUT2D eigenvalue weighted by Gasteiger charge is 2.25. The minimum atomic E-state index is 0.270. The number of likely N-dealkylation sites (tertiary alicyclic amines) is 1. The topological polar surface area (TPSA) is 41.6 Å². The molecule has 1 atom stereocenters. The zero-order chi connectivity index (χ0) is 14.4. The second-order valence-corrected chi connectivity index (χ2v) is 5.40. The van der Waals surface area contributed by atoms with Crippen molar-refractivity contribution in [2.24, 2.45) is 5.92 Å².